The standard InChI is InChI=1S/C24H38N2O4.CH4/c1-8-12-26-18(28)14-24(6,7)20-16(3)21(29)19(15(2)22(20)30)23(4,5)13-17(27)10-9-11-25;/h8-14,25H2,1-7H3,(H,26,28);1H4. The molecule has 1 aliphatic rings. The Balaban J connectivity index is 0.00000900. The fraction of sp³-hybridized carbons (Fsp3) is 0.680. The lowest BCUT2D eigenvalue weighted by Gasteiger charge is -2.36. The van der Waals surface area contributed by atoms with E-state index in [9.17, 15) is 19.2 Å². The zero-order chi connectivity index (χ0) is 23.3. The molecule has 1 aliphatic carbocycles. The summed E-state index contributed by atoms with van der Waals surface area (Å²) in [5, 5.41) is 2.83. The molecule has 0 unspecified atom stereocenters. The molecule has 3 N–H and O–H groups in total. The van der Waals surface area contributed by atoms with E-state index < -0.39 is 10.8 Å². The zero-order valence-corrected chi connectivity index (χ0v) is 19.7. The summed E-state index contributed by atoms with van der Waals surface area (Å²) in [4.78, 5) is 51.3. The molecule has 0 spiro atoms. The van der Waals surface area contributed by atoms with Gasteiger partial charge in [0.1, 0.15) is 5.78 Å². The molecule has 6 nitrogen and oxygen atoms in total. The third-order valence-electron chi connectivity index (χ3n) is 5.71. The van der Waals surface area contributed by atoms with Crippen molar-refractivity contribution >= 4 is 23.3 Å². The summed E-state index contributed by atoms with van der Waals surface area (Å²) in [6.45, 7) is 13.6. The number of hydrogen-bond acceptors (Lipinski definition) is 5. The summed E-state index contributed by atoms with van der Waals surface area (Å²) in [5.74, 6) is -0.523. The van der Waals surface area contributed by atoms with Crippen molar-refractivity contribution < 1.29 is 19.2 Å². The van der Waals surface area contributed by atoms with Crippen molar-refractivity contribution in [3.05, 3.63) is 22.3 Å². The fourth-order valence-corrected chi connectivity index (χ4v) is 4.36. The molecule has 0 aromatic rings. The Morgan fingerprint density at radius 3 is 1.77 bits per heavy atom. The number of carbonyl (C=O) groups excluding carboxylic acids is 4. The summed E-state index contributed by atoms with van der Waals surface area (Å²) >= 11 is 0. The van der Waals surface area contributed by atoms with E-state index in [0.717, 1.165) is 6.42 Å². The van der Waals surface area contributed by atoms with Crippen molar-refractivity contribution in [3.8, 4) is 0 Å². The van der Waals surface area contributed by atoms with Gasteiger partial charge in [0.25, 0.3) is 0 Å². The first-order chi connectivity index (χ1) is 13.8. The van der Waals surface area contributed by atoms with E-state index in [4.69, 9.17) is 5.73 Å². The van der Waals surface area contributed by atoms with Crippen LogP contribution >= 0.6 is 0 Å². The Kier molecular flexibility index (Phi) is 10.7. The minimum atomic E-state index is -0.775. The lowest BCUT2D eigenvalue weighted by molar-refractivity contribution is -0.124. The highest BCUT2D eigenvalue weighted by Crippen LogP contribution is 2.44. The van der Waals surface area contributed by atoms with Gasteiger partial charge in [-0.2, -0.15) is 0 Å². The molecule has 6 heteroatoms. The minimum absolute atomic E-state index is 0. The van der Waals surface area contributed by atoms with Crippen LogP contribution in [0.4, 0.5) is 0 Å². The number of carbonyl (C=O) groups is 4. The lowest BCUT2D eigenvalue weighted by Crippen LogP contribution is -2.38. The van der Waals surface area contributed by atoms with E-state index in [2.05, 4.69) is 5.32 Å². The molecule has 0 fully saturated rings. The Hall–Kier alpha value is -2.08. The molecular weight excluding hydrogens is 392 g/mol. The molecule has 0 radical (unpaired) electrons. The second-order valence-electron chi connectivity index (χ2n) is 9.56. The SMILES string of the molecule is C.CCCNC(=O)CC(C)(C)C1=C(C)C(=O)C(C(C)(C)CC(=O)CCCN)=C(C)C1=O. The number of hydrogen-bond donors (Lipinski definition) is 2. The maximum atomic E-state index is 13.3. The number of rotatable bonds is 11. The molecule has 0 bridgehead atoms. The smallest absolute Gasteiger partial charge is 0.220 e. The van der Waals surface area contributed by atoms with Gasteiger partial charge in [-0.3, -0.25) is 19.2 Å². The van der Waals surface area contributed by atoms with Crippen LogP contribution in [0.1, 0.15) is 88.0 Å². The Bertz CT molecular complexity index is 719. The maximum Gasteiger partial charge on any atom is 0.220 e. The van der Waals surface area contributed by atoms with Gasteiger partial charge in [-0.05, 0) is 33.2 Å². The van der Waals surface area contributed by atoms with E-state index in [1.807, 2.05) is 34.6 Å². The van der Waals surface area contributed by atoms with Crippen molar-refractivity contribution in [1.29, 1.82) is 0 Å². The zero-order valence-electron chi connectivity index (χ0n) is 19.7. The number of ketones is 3. The van der Waals surface area contributed by atoms with Crippen LogP contribution in [-0.2, 0) is 19.2 Å². The van der Waals surface area contributed by atoms with Crippen LogP contribution < -0.4 is 11.1 Å². The van der Waals surface area contributed by atoms with Crippen LogP contribution in [0.3, 0.4) is 0 Å². The Labute approximate surface area is 188 Å². The van der Waals surface area contributed by atoms with Crippen LogP contribution in [0.5, 0.6) is 0 Å². The summed E-state index contributed by atoms with van der Waals surface area (Å²) in [7, 11) is 0. The van der Waals surface area contributed by atoms with Crippen molar-refractivity contribution in [3.63, 3.8) is 0 Å². The van der Waals surface area contributed by atoms with E-state index >= 15 is 0 Å². The highest BCUT2D eigenvalue weighted by Gasteiger charge is 2.43. The summed E-state index contributed by atoms with van der Waals surface area (Å²) in [6.07, 6.45) is 2.12. The van der Waals surface area contributed by atoms with Gasteiger partial charge in [0.2, 0.25) is 5.91 Å². The van der Waals surface area contributed by atoms with Gasteiger partial charge in [0, 0.05) is 58.9 Å². The predicted octanol–water partition coefficient (Wildman–Crippen LogP) is 4.07. The van der Waals surface area contributed by atoms with Crippen molar-refractivity contribution in [2.24, 2.45) is 16.6 Å². The largest absolute Gasteiger partial charge is 0.356 e. The number of amides is 1. The molecule has 0 atom stereocenters. The van der Waals surface area contributed by atoms with Gasteiger partial charge in [0.05, 0.1) is 0 Å². The molecule has 0 saturated carbocycles. The highest BCUT2D eigenvalue weighted by atomic mass is 16.2. The second kappa shape index (κ2) is 11.5. The van der Waals surface area contributed by atoms with Crippen LogP contribution in [0.25, 0.3) is 0 Å². The third-order valence-corrected chi connectivity index (χ3v) is 5.71. The second-order valence-corrected chi connectivity index (χ2v) is 9.56. The molecule has 0 heterocycles. The van der Waals surface area contributed by atoms with Crippen LogP contribution in [0.15, 0.2) is 22.3 Å². The molecule has 1 amide bonds. The van der Waals surface area contributed by atoms with Crippen molar-refractivity contribution in [1.82, 2.24) is 5.32 Å². The Morgan fingerprint density at radius 2 is 1.35 bits per heavy atom. The molecule has 0 saturated heterocycles. The predicted molar refractivity (Wildman–Crippen MR) is 126 cm³/mol. The van der Waals surface area contributed by atoms with Crippen molar-refractivity contribution in [2.75, 3.05) is 13.1 Å². The number of nitrogens with one attached hydrogen (secondary N) is 1. The van der Waals surface area contributed by atoms with Gasteiger partial charge < -0.3 is 11.1 Å². The highest BCUT2D eigenvalue weighted by molar-refractivity contribution is 6.26. The minimum Gasteiger partial charge on any atom is -0.356 e. The van der Waals surface area contributed by atoms with Crippen LogP contribution in [0, 0.1) is 10.8 Å². The number of Topliss-reactive ketones (excluding diaryl/α,β-unsaturated/α-hetero) is 3. The number of allylic oxidation sites excluding steroid dienone is 4. The normalized spacial score (nSPS) is 15.2. The third kappa shape index (κ3) is 6.96. The molecule has 0 aromatic carbocycles. The van der Waals surface area contributed by atoms with Crippen LogP contribution in [-0.4, -0.2) is 36.3 Å². The monoisotopic (exact) mass is 434 g/mol. The average Bonchev–Trinajstić information content (AvgIpc) is 2.62. The van der Waals surface area contributed by atoms with Gasteiger partial charge in [0.15, 0.2) is 11.6 Å². The maximum absolute atomic E-state index is 13.3. The quantitative estimate of drug-likeness (QED) is 0.477. The molecule has 176 valence electrons. The lowest BCUT2D eigenvalue weighted by atomic mass is 9.65. The molecule has 1 rings (SSSR count). The first kappa shape index (κ1) is 28.9. The molecular formula is C25H42N2O4. The van der Waals surface area contributed by atoms with E-state index in [-0.39, 0.29) is 43.5 Å². The molecule has 0 aromatic heterocycles. The molecule has 0 aliphatic heterocycles. The van der Waals surface area contributed by atoms with Gasteiger partial charge in [-0.25, -0.2) is 0 Å². The van der Waals surface area contributed by atoms with E-state index in [0.29, 0.717) is 48.2 Å². The average molecular weight is 435 g/mol. The van der Waals surface area contributed by atoms with Gasteiger partial charge in [-0.1, -0.05) is 42.0 Å². The van der Waals surface area contributed by atoms with Crippen molar-refractivity contribution in [2.45, 2.75) is 88.0 Å². The number of nitrogens with two attached hydrogens (primary N) is 1. The first-order valence-corrected chi connectivity index (χ1v) is 10.8. The fourth-order valence-electron chi connectivity index (χ4n) is 4.36. The molecule has 31 heavy (non-hydrogen) atoms. The summed E-state index contributed by atoms with van der Waals surface area (Å²) in [6, 6.07) is 0. The summed E-state index contributed by atoms with van der Waals surface area (Å²) < 4.78 is 0. The Morgan fingerprint density at radius 1 is 0.903 bits per heavy atom. The summed E-state index contributed by atoms with van der Waals surface area (Å²) in [5.41, 5.74) is 5.50. The van der Waals surface area contributed by atoms with E-state index in [1.54, 1.807) is 13.8 Å². The van der Waals surface area contributed by atoms with E-state index in [1.165, 1.54) is 0 Å². The topological polar surface area (TPSA) is 106 Å². The van der Waals surface area contributed by atoms with Gasteiger partial charge >= 0.3 is 0 Å². The van der Waals surface area contributed by atoms with Crippen LogP contribution in [0.2, 0.25) is 0 Å². The first-order valence-electron chi connectivity index (χ1n) is 10.8. The van der Waals surface area contributed by atoms with Gasteiger partial charge in [-0.15, -0.1) is 0 Å².